The summed E-state index contributed by atoms with van der Waals surface area (Å²) in [6, 6.07) is 2.75. The van der Waals surface area contributed by atoms with Crippen molar-refractivity contribution in [2.45, 2.75) is 98.8 Å². The zero-order valence-corrected chi connectivity index (χ0v) is 24.8. The van der Waals surface area contributed by atoms with Gasteiger partial charge in [-0.25, -0.2) is 4.79 Å². The molecule has 0 bridgehead atoms. The van der Waals surface area contributed by atoms with Crippen molar-refractivity contribution in [2.75, 3.05) is 19.7 Å². The van der Waals surface area contributed by atoms with Crippen molar-refractivity contribution >= 4 is 23.9 Å². The number of benzene rings is 1. The Labute approximate surface area is 232 Å². The van der Waals surface area contributed by atoms with Gasteiger partial charge in [0.2, 0.25) is 11.8 Å². The Balaban J connectivity index is 3.48. The largest absolute Gasteiger partial charge is 0.508 e. The zero-order chi connectivity index (χ0) is 29.8. The molecule has 39 heavy (non-hydrogen) atoms. The topological polar surface area (TPSA) is 134 Å². The predicted molar refractivity (Wildman–Crippen MR) is 149 cm³/mol. The van der Waals surface area contributed by atoms with Gasteiger partial charge < -0.3 is 30.1 Å². The summed E-state index contributed by atoms with van der Waals surface area (Å²) >= 11 is 0. The molecular formula is C29H47N3O7. The molecule has 0 aliphatic rings. The molecule has 3 atom stereocenters. The van der Waals surface area contributed by atoms with E-state index in [0.29, 0.717) is 24.0 Å². The van der Waals surface area contributed by atoms with Crippen molar-refractivity contribution in [3.8, 4) is 5.75 Å². The Hall–Kier alpha value is -3.30. The third-order valence-electron chi connectivity index (χ3n) is 6.22. The Morgan fingerprint density at radius 3 is 2.31 bits per heavy atom. The maximum absolute atomic E-state index is 14.1. The molecular weight excluding hydrogens is 502 g/mol. The van der Waals surface area contributed by atoms with Crippen LogP contribution in [0.5, 0.6) is 5.75 Å². The normalized spacial score (nSPS) is 13.5. The number of phenols is 1. The van der Waals surface area contributed by atoms with Crippen LogP contribution in [0.25, 0.3) is 0 Å². The average Bonchev–Trinajstić information content (AvgIpc) is 2.85. The summed E-state index contributed by atoms with van der Waals surface area (Å²) in [6.45, 7) is 14.9. The first-order valence-corrected chi connectivity index (χ1v) is 13.8. The number of aromatic hydroxyl groups is 1. The number of nitrogens with one attached hydrogen (secondary N) is 2. The monoisotopic (exact) mass is 549 g/mol. The fourth-order valence-electron chi connectivity index (χ4n) is 3.93. The fourth-order valence-corrected chi connectivity index (χ4v) is 3.93. The molecule has 0 aliphatic carbocycles. The third kappa shape index (κ3) is 11.1. The molecule has 0 spiro atoms. The minimum Gasteiger partial charge on any atom is -0.508 e. The summed E-state index contributed by atoms with van der Waals surface area (Å²) in [7, 11) is 0. The zero-order valence-electron chi connectivity index (χ0n) is 24.8. The van der Waals surface area contributed by atoms with Gasteiger partial charge in [0.05, 0.1) is 13.0 Å². The summed E-state index contributed by atoms with van der Waals surface area (Å²) in [4.78, 5) is 53.7. The highest BCUT2D eigenvalue weighted by atomic mass is 16.6. The maximum atomic E-state index is 14.1. The first kappa shape index (κ1) is 33.7. The van der Waals surface area contributed by atoms with Crippen LogP contribution in [0, 0.1) is 12.8 Å². The molecule has 0 saturated carbocycles. The molecule has 3 amide bonds. The van der Waals surface area contributed by atoms with E-state index < -0.39 is 41.6 Å². The van der Waals surface area contributed by atoms with Gasteiger partial charge in [-0.1, -0.05) is 39.7 Å². The van der Waals surface area contributed by atoms with Gasteiger partial charge in [-0.2, -0.15) is 0 Å². The lowest BCUT2D eigenvalue weighted by Gasteiger charge is -2.36. The Morgan fingerprint density at radius 2 is 1.77 bits per heavy atom. The number of carbonyl (C=O) groups excluding carboxylic acids is 4. The van der Waals surface area contributed by atoms with Crippen LogP contribution in [-0.4, -0.2) is 65.2 Å². The molecule has 0 aromatic heterocycles. The van der Waals surface area contributed by atoms with E-state index in [-0.39, 0.29) is 37.8 Å². The minimum atomic E-state index is -1.06. The van der Waals surface area contributed by atoms with E-state index in [1.165, 1.54) is 11.0 Å². The van der Waals surface area contributed by atoms with Crippen molar-refractivity contribution in [3.63, 3.8) is 0 Å². The lowest BCUT2D eigenvalue weighted by Crippen LogP contribution is -2.55. The summed E-state index contributed by atoms with van der Waals surface area (Å²) in [5.74, 6) is -1.51. The van der Waals surface area contributed by atoms with Crippen LogP contribution in [-0.2, 0) is 23.9 Å². The van der Waals surface area contributed by atoms with Crippen LogP contribution in [0.15, 0.2) is 18.2 Å². The number of carbonyl (C=O) groups is 4. The first-order valence-electron chi connectivity index (χ1n) is 13.8. The highest BCUT2D eigenvalue weighted by molar-refractivity contribution is 5.92. The summed E-state index contributed by atoms with van der Waals surface area (Å²) in [5.41, 5.74) is 0.300. The lowest BCUT2D eigenvalue weighted by atomic mass is 9.95. The summed E-state index contributed by atoms with van der Waals surface area (Å²) in [5, 5.41) is 15.6. The number of unbranched alkanes of at least 4 members (excludes halogenated alkanes) is 1. The number of esters is 1. The van der Waals surface area contributed by atoms with Crippen molar-refractivity contribution in [3.05, 3.63) is 29.3 Å². The molecule has 10 nitrogen and oxygen atoms in total. The number of hydrogen-bond donors (Lipinski definition) is 3. The smallest absolute Gasteiger partial charge is 0.408 e. The number of alkyl carbamates (subject to hydrolysis) is 1. The van der Waals surface area contributed by atoms with Gasteiger partial charge in [-0.15, -0.1) is 0 Å². The second-order valence-corrected chi connectivity index (χ2v) is 10.7. The van der Waals surface area contributed by atoms with E-state index in [9.17, 15) is 24.3 Å². The molecule has 1 aromatic rings. The van der Waals surface area contributed by atoms with Gasteiger partial charge in [-0.3, -0.25) is 14.4 Å². The van der Waals surface area contributed by atoms with Crippen molar-refractivity contribution in [1.29, 1.82) is 0 Å². The molecule has 0 fully saturated rings. The quantitative estimate of drug-likeness (QED) is 0.293. The SMILES string of the molecule is CCCCN(C(=O)C(NC(=O)OC(C)(C)C)C(C)CC)C(C(=O)NCCC(=O)OCC)c1ccc(O)c(C)c1. The van der Waals surface area contributed by atoms with Crippen LogP contribution < -0.4 is 10.6 Å². The van der Waals surface area contributed by atoms with Gasteiger partial charge in [0, 0.05) is 13.1 Å². The molecule has 220 valence electrons. The van der Waals surface area contributed by atoms with E-state index in [2.05, 4.69) is 10.6 Å². The van der Waals surface area contributed by atoms with E-state index in [1.807, 2.05) is 20.8 Å². The number of hydrogen-bond acceptors (Lipinski definition) is 7. The van der Waals surface area contributed by atoms with Gasteiger partial charge >= 0.3 is 12.1 Å². The number of ether oxygens (including phenoxy) is 2. The third-order valence-corrected chi connectivity index (χ3v) is 6.22. The Morgan fingerprint density at radius 1 is 1.10 bits per heavy atom. The van der Waals surface area contributed by atoms with E-state index >= 15 is 0 Å². The van der Waals surface area contributed by atoms with E-state index in [1.54, 1.807) is 46.8 Å². The van der Waals surface area contributed by atoms with E-state index in [4.69, 9.17) is 9.47 Å². The number of amides is 3. The second-order valence-electron chi connectivity index (χ2n) is 10.7. The average molecular weight is 550 g/mol. The molecule has 0 aliphatic heterocycles. The van der Waals surface area contributed by atoms with Crippen molar-refractivity contribution in [1.82, 2.24) is 15.5 Å². The van der Waals surface area contributed by atoms with Crippen molar-refractivity contribution < 1.29 is 33.8 Å². The summed E-state index contributed by atoms with van der Waals surface area (Å²) in [6.07, 6.45) is 1.26. The molecule has 0 radical (unpaired) electrons. The molecule has 0 heterocycles. The molecule has 10 heteroatoms. The number of nitrogens with zero attached hydrogens (tertiary/aromatic N) is 1. The highest BCUT2D eigenvalue weighted by Gasteiger charge is 2.38. The van der Waals surface area contributed by atoms with Crippen LogP contribution >= 0.6 is 0 Å². The number of phenolic OH excluding ortho intramolecular Hbond substituents is 1. The van der Waals surface area contributed by atoms with Crippen molar-refractivity contribution in [2.24, 2.45) is 5.92 Å². The van der Waals surface area contributed by atoms with Crippen LogP contribution in [0.4, 0.5) is 4.79 Å². The summed E-state index contributed by atoms with van der Waals surface area (Å²) < 4.78 is 10.4. The maximum Gasteiger partial charge on any atom is 0.408 e. The van der Waals surface area contributed by atoms with Gasteiger partial charge in [-0.05, 0) is 70.2 Å². The van der Waals surface area contributed by atoms with Crippen LogP contribution in [0.1, 0.15) is 91.3 Å². The molecule has 3 N–H and O–H groups in total. The Bertz CT molecular complexity index is 974. The lowest BCUT2D eigenvalue weighted by molar-refractivity contribution is -0.145. The van der Waals surface area contributed by atoms with Gasteiger partial charge in [0.15, 0.2) is 0 Å². The fraction of sp³-hybridized carbons (Fsp3) is 0.655. The van der Waals surface area contributed by atoms with E-state index in [0.717, 1.165) is 6.42 Å². The van der Waals surface area contributed by atoms with Gasteiger partial charge in [0.25, 0.3) is 0 Å². The standard InChI is InChI=1S/C29H47N3O7/c1-9-12-17-32(27(36)24(19(4)10-2)31-28(37)39-29(6,7)8)25(21-13-14-22(33)20(5)18-21)26(35)30-16-15-23(34)38-11-3/h13-14,18-19,24-25,33H,9-12,15-17H2,1-8H3,(H,30,35)(H,31,37). The molecule has 3 unspecified atom stereocenters. The second kappa shape index (κ2) is 16.0. The predicted octanol–water partition coefficient (Wildman–Crippen LogP) is 4.38. The molecule has 1 rings (SSSR count). The Kier molecular flexibility index (Phi) is 13.8. The number of rotatable bonds is 14. The minimum absolute atomic E-state index is 0.0144. The van der Waals surface area contributed by atoms with Crippen LogP contribution in [0.3, 0.4) is 0 Å². The van der Waals surface area contributed by atoms with Gasteiger partial charge in [0.1, 0.15) is 23.4 Å². The first-order chi connectivity index (χ1) is 18.2. The highest BCUT2D eigenvalue weighted by Crippen LogP contribution is 2.28. The molecule has 1 aromatic carbocycles. The van der Waals surface area contributed by atoms with Crippen LogP contribution in [0.2, 0.25) is 0 Å². The number of aryl methyl sites for hydroxylation is 1. The molecule has 0 saturated heterocycles.